The van der Waals surface area contributed by atoms with E-state index in [1.54, 1.807) is 13.0 Å². The summed E-state index contributed by atoms with van der Waals surface area (Å²) >= 11 is 0. The zero-order chi connectivity index (χ0) is 14.0. The number of hydrogen-bond donors (Lipinski definition) is 0. The Hall–Kier alpha value is -2.63. The zero-order valence-electron chi connectivity index (χ0n) is 10.4. The Labute approximate surface area is 108 Å². The van der Waals surface area contributed by atoms with Crippen LogP contribution in [0.2, 0.25) is 0 Å². The number of nitrogens with zero attached hydrogens (tertiary/aromatic N) is 1. The lowest BCUT2D eigenvalue weighted by molar-refractivity contribution is -0.385. The van der Waals surface area contributed by atoms with E-state index in [4.69, 9.17) is 9.15 Å². The Morgan fingerprint density at radius 1 is 1.37 bits per heavy atom. The first-order valence-electron chi connectivity index (χ1n) is 5.45. The van der Waals surface area contributed by atoms with E-state index in [1.807, 2.05) is 0 Å². The lowest BCUT2D eigenvalue weighted by atomic mass is 10.0. The van der Waals surface area contributed by atoms with Gasteiger partial charge in [-0.15, -0.1) is 0 Å². The number of aldehydes is 1. The highest BCUT2D eigenvalue weighted by Crippen LogP contribution is 2.35. The summed E-state index contributed by atoms with van der Waals surface area (Å²) in [6.07, 6.45) is 0.599. The van der Waals surface area contributed by atoms with Crippen LogP contribution in [-0.4, -0.2) is 18.3 Å². The first-order chi connectivity index (χ1) is 9.06. The highest BCUT2D eigenvalue weighted by atomic mass is 16.6. The Balaban J connectivity index is 2.58. The second-order valence-electron chi connectivity index (χ2n) is 3.92. The molecule has 0 aliphatic carbocycles. The first-order valence-corrected chi connectivity index (χ1v) is 5.45. The molecule has 0 aliphatic heterocycles. The quantitative estimate of drug-likeness (QED) is 0.480. The summed E-state index contributed by atoms with van der Waals surface area (Å²) < 4.78 is 10.3. The molecule has 0 radical (unpaired) electrons. The third-order valence-corrected chi connectivity index (χ3v) is 2.73. The van der Waals surface area contributed by atoms with Crippen LogP contribution < -0.4 is 4.74 Å². The Morgan fingerprint density at radius 3 is 2.63 bits per heavy atom. The van der Waals surface area contributed by atoms with Gasteiger partial charge in [0.25, 0.3) is 0 Å². The third kappa shape index (κ3) is 2.33. The molecule has 0 bridgehead atoms. The standard InChI is InChI=1S/C13H11NO5/c1-8-5-11(14(16)17)13(18-2)6-10(8)12-4-3-9(7-15)19-12/h3-7H,1-2H3. The molecule has 0 N–H and O–H groups in total. The van der Waals surface area contributed by atoms with Crippen molar-refractivity contribution in [3.8, 4) is 17.1 Å². The van der Waals surface area contributed by atoms with Crippen molar-refractivity contribution >= 4 is 12.0 Å². The molecule has 2 rings (SSSR count). The summed E-state index contributed by atoms with van der Waals surface area (Å²) in [7, 11) is 1.36. The summed E-state index contributed by atoms with van der Waals surface area (Å²) in [5, 5.41) is 10.9. The van der Waals surface area contributed by atoms with Crippen molar-refractivity contribution in [2.45, 2.75) is 6.92 Å². The number of aryl methyl sites for hydroxylation is 1. The van der Waals surface area contributed by atoms with Gasteiger partial charge in [0.1, 0.15) is 5.76 Å². The van der Waals surface area contributed by atoms with Crippen LogP contribution in [0.5, 0.6) is 5.75 Å². The molecule has 0 fully saturated rings. The second-order valence-corrected chi connectivity index (χ2v) is 3.92. The lowest BCUT2D eigenvalue weighted by Crippen LogP contribution is -1.95. The molecule has 0 saturated heterocycles. The molecule has 0 unspecified atom stereocenters. The number of nitro groups is 1. The van der Waals surface area contributed by atoms with Crippen molar-refractivity contribution in [2.24, 2.45) is 0 Å². The summed E-state index contributed by atoms with van der Waals surface area (Å²) in [4.78, 5) is 21.0. The van der Waals surface area contributed by atoms with Crippen LogP contribution in [0.3, 0.4) is 0 Å². The number of furan rings is 1. The minimum absolute atomic E-state index is 0.106. The van der Waals surface area contributed by atoms with Crippen LogP contribution >= 0.6 is 0 Å². The number of nitro benzene ring substituents is 1. The zero-order valence-corrected chi connectivity index (χ0v) is 10.4. The molecule has 1 heterocycles. The molecule has 0 amide bonds. The van der Waals surface area contributed by atoms with Crippen molar-refractivity contribution in [1.29, 1.82) is 0 Å². The molecule has 6 heteroatoms. The molecule has 0 saturated carbocycles. The van der Waals surface area contributed by atoms with E-state index < -0.39 is 4.92 Å². The van der Waals surface area contributed by atoms with Gasteiger partial charge in [-0.3, -0.25) is 14.9 Å². The van der Waals surface area contributed by atoms with E-state index in [9.17, 15) is 14.9 Å². The predicted octanol–water partition coefficient (Wildman–Crippen LogP) is 2.98. The topological polar surface area (TPSA) is 82.6 Å². The van der Waals surface area contributed by atoms with Crippen LogP contribution in [0.4, 0.5) is 5.69 Å². The number of ether oxygens (including phenoxy) is 1. The molecule has 98 valence electrons. The summed E-state index contributed by atoms with van der Waals surface area (Å²) in [5.74, 6) is 0.814. The van der Waals surface area contributed by atoms with Crippen LogP contribution in [0.15, 0.2) is 28.7 Å². The SMILES string of the molecule is COc1cc(-c2ccc(C=O)o2)c(C)cc1[N+](=O)[O-]. The van der Waals surface area contributed by atoms with E-state index in [0.29, 0.717) is 23.2 Å². The normalized spacial score (nSPS) is 10.2. The Morgan fingerprint density at radius 2 is 2.11 bits per heavy atom. The number of rotatable bonds is 4. The van der Waals surface area contributed by atoms with Gasteiger partial charge in [-0.25, -0.2) is 0 Å². The molecular weight excluding hydrogens is 250 g/mol. The van der Waals surface area contributed by atoms with Crippen molar-refractivity contribution in [2.75, 3.05) is 7.11 Å². The van der Waals surface area contributed by atoms with Gasteiger partial charge >= 0.3 is 5.69 Å². The van der Waals surface area contributed by atoms with Crippen molar-refractivity contribution in [3.63, 3.8) is 0 Å². The minimum Gasteiger partial charge on any atom is -0.490 e. The molecule has 2 aromatic rings. The van der Waals surface area contributed by atoms with E-state index in [1.165, 1.54) is 25.3 Å². The van der Waals surface area contributed by atoms with Crippen molar-refractivity contribution in [3.05, 3.63) is 45.7 Å². The van der Waals surface area contributed by atoms with Gasteiger partial charge in [-0.2, -0.15) is 0 Å². The van der Waals surface area contributed by atoms with Gasteiger partial charge in [0, 0.05) is 11.6 Å². The molecule has 0 aliphatic rings. The fraction of sp³-hybridized carbons (Fsp3) is 0.154. The number of hydrogen-bond acceptors (Lipinski definition) is 5. The van der Waals surface area contributed by atoms with Crippen LogP contribution in [-0.2, 0) is 0 Å². The predicted molar refractivity (Wildman–Crippen MR) is 67.5 cm³/mol. The Kier molecular flexibility index (Phi) is 3.33. The average Bonchev–Trinajstić information content (AvgIpc) is 2.86. The molecule has 19 heavy (non-hydrogen) atoms. The first kappa shape index (κ1) is 12.8. The van der Waals surface area contributed by atoms with E-state index in [-0.39, 0.29) is 17.2 Å². The highest BCUT2D eigenvalue weighted by molar-refractivity contribution is 5.74. The Bertz CT molecular complexity index is 644. The van der Waals surface area contributed by atoms with Gasteiger partial charge in [0.2, 0.25) is 0 Å². The highest BCUT2D eigenvalue weighted by Gasteiger charge is 2.19. The van der Waals surface area contributed by atoms with Gasteiger partial charge in [-0.05, 0) is 30.7 Å². The maximum Gasteiger partial charge on any atom is 0.311 e. The van der Waals surface area contributed by atoms with Crippen LogP contribution in [0, 0.1) is 17.0 Å². The van der Waals surface area contributed by atoms with E-state index in [0.717, 1.165) is 0 Å². The molecule has 1 aromatic carbocycles. The maximum atomic E-state index is 10.9. The average molecular weight is 261 g/mol. The lowest BCUT2D eigenvalue weighted by Gasteiger charge is -2.07. The number of methoxy groups -OCH3 is 1. The summed E-state index contributed by atoms with van der Waals surface area (Å²) in [6.45, 7) is 1.73. The van der Waals surface area contributed by atoms with Crippen molar-refractivity contribution in [1.82, 2.24) is 0 Å². The van der Waals surface area contributed by atoms with Gasteiger partial charge in [0.15, 0.2) is 17.8 Å². The number of benzene rings is 1. The number of carbonyl (C=O) groups excluding carboxylic acids is 1. The molecular formula is C13H11NO5. The van der Waals surface area contributed by atoms with Crippen LogP contribution in [0.1, 0.15) is 16.1 Å². The summed E-state index contributed by atoms with van der Waals surface area (Å²) in [6, 6.07) is 6.12. The van der Waals surface area contributed by atoms with Gasteiger partial charge in [-0.1, -0.05) is 0 Å². The fourth-order valence-corrected chi connectivity index (χ4v) is 1.81. The van der Waals surface area contributed by atoms with Crippen LogP contribution in [0.25, 0.3) is 11.3 Å². The second kappa shape index (κ2) is 4.93. The number of carbonyl (C=O) groups is 1. The molecule has 0 spiro atoms. The summed E-state index contributed by atoms with van der Waals surface area (Å²) in [5.41, 5.74) is 1.21. The fourth-order valence-electron chi connectivity index (χ4n) is 1.81. The van der Waals surface area contributed by atoms with Gasteiger partial charge < -0.3 is 9.15 Å². The van der Waals surface area contributed by atoms with Crippen molar-refractivity contribution < 1.29 is 18.9 Å². The van der Waals surface area contributed by atoms with E-state index >= 15 is 0 Å². The van der Waals surface area contributed by atoms with E-state index in [2.05, 4.69) is 0 Å². The molecule has 1 aromatic heterocycles. The smallest absolute Gasteiger partial charge is 0.311 e. The largest absolute Gasteiger partial charge is 0.490 e. The van der Waals surface area contributed by atoms with Gasteiger partial charge in [0.05, 0.1) is 12.0 Å². The monoisotopic (exact) mass is 261 g/mol. The minimum atomic E-state index is -0.505. The molecule has 0 atom stereocenters. The molecule has 6 nitrogen and oxygen atoms in total. The third-order valence-electron chi connectivity index (χ3n) is 2.73. The maximum absolute atomic E-state index is 10.9.